The smallest absolute Gasteiger partial charge is 0.375 e. The highest BCUT2D eigenvalue weighted by Crippen LogP contribution is 2.34. The maximum atomic E-state index is 10.9. The van der Waals surface area contributed by atoms with E-state index < -0.39 is 5.97 Å². The van der Waals surface area contributed by atoms with Crippen molar-refractivity contribution in [3.63, 3.8) is 0 Å². The topological polar surface area (TPSA) is 68.0 Å². The number of nitrogens with zero attached hydrogens (tertiary/aromatic N) is 3. The molecule has 1 aromatic heterocycles. The number of aromatic carboxylic acids is 1. The van der Waals surface area contributed by atoms with E-state index in [0.29, 0.717) is 10.8 Å². The number of hydrogen-bond acceptors (Lipinski definition) is 3. The standard InChI is InChI=1S/C12H10ClN3O2/c13-8-4-2-1-3-7(8)9-5-6-10-14-11(12(17)18)15-16(9)10/h1-4,9H,5-6H2,(H,17,18)/t9-/m1/s1. The number of halogens is 1. The van der Waals surface area contributed by atoms with Gasteiger partial charge in [0.25, 0.3) is 5.82 Å². The Bertz CT molecular complexity index is 624. The minimum atomic E-state index is -1.10. The molecule has 2 aromatic rings. The van der Waals surface area contributed by atoms with Crippen LogP contribution in [0.4, 0.5) is 0 Å². The van der Waals surface area contributed by atoms with E-state index in [1.165, 1.54) is 0 Å². The van der Waals surface area contributed by atoms with Gasteiger partial charge < -0.3 is 5.11 Å². The van der Waals surface area contributed by atoms with Crippen molar-refractivity contribution in [3.8, 4) is 0 Å². The summed E-state index contributed by atoms with van der Waals surface area (Å²) in [5, 5.41) is 13.6. The molecule has 2 heterocycles. The van der Waals surface area contributed by atoms with E-state index in [0.717, 1.165) is 18.4 Å². The average molecular weight is 264 g/mol. The fourth-order valence-electron chi connectivity index (χ4n) is 2.29. The lowest BCUT2D eigenvalue weighted by Crippen LogP contribution is -2.09. The van der Waals surface area contributed by atoms with E-state index in [-0.39, 0.29) is 11.9 Å². The quantitative estimate of drug-likeness (QED) is 0.902. The van der Waals surface area contributed by atoms with Gasteiger partial charge in [-0.25, -0.2) is 14.5 Å². The van der Waals surface area contributed by atoms with Gasteiger partial charge in [0.2, 0.25) is 0 Å². The molecule has 0 saturated carbocycles. The Morgan fingerprint density at radius 2 is 2.22 bits per heavy atom. The normalized spacial score (nSPS) is 17.7. The van der Waals surface area contributed by atoms with Crippen molar-refractivity contribution in [1.82, 2.24) is 14.8 Å². The SMILES string of the molecule is O=C(O)c1nc2n(n1)[C@@H](c1ccccc1Cl)CC2. The second kappa shape index (κ2) is 4.10. The van der Waals surface area contributed by atoms with Gasteiger partial charge in [-0.2, -0.15) is 0 Å². The van der Waals surface area contributed by atoms with Crippen LogP contribution in [0.25, 0.3) is 0 Å². The van der Waals surface area contributed by atoms with Crippen LogP contribution in [-0.4, -0.2) is 25.8 Å². The highest BCUT2D eigenvalue weighted by molar-refractivity contribution is 6.31. The molecule has 0 fully saturated rings. The molecule has 1 N–H and O–H groups in total. The van der Waals surface area contributed by atoms with Crippen molar-refractivity contribution in [2.45, 2.75) is 18.9 Å². The van der Waals surface area contributed by atoms with Crippen LogP contribution >= 0.6 is 11.6 Å². The van der Waals surface area contributed by atoms with Crippen LogP contribution < -0.4 is 0 Å². The van der Waals surface area contributed by atoms with Gasteiger partial charge in [0.1, 0.15) is 5.82 Å². The highest BCUT2D eigenvalue weighted by atomic mass is 35.5. The van der Waals surface area contributed by atoms with Crippen LogP contribution in [0.1, 0.15) is 34.5 Å². The summed E-state index contributed by atoms with van der Waals surface area (Å²) in [6.45, 7) is 0. The van der Waals surface area contributed by atoms with Gasteiger partial charge in [-0.1, -0.05) is 29.8 Å². The van der Waals surface area contributed by atoms with Gasteiger partial charge in [-0.15, -0.1) is 5.10 Å². The third-order valence-corrected chi connectivity index (χ3v) is 3.44. The summed E-state index contributed by atoms with van der Waals surface area (Å²) in [4.78, 5) is 14.9. The summed E-state index contributed by atoms with van der Waals surface area (Å²) in [5.41, 5.74) is 0.958. The Hall–Kier alpha value is -1.88. The Balaban J connectivity index is 2.04. The van der Waals surface area contributed by atoms with E-state index in [1.54, 1.807) is 4.68 Å². The number of aromatic nitrogens is 3. The maximum Gasteiger partial charge on any atom is 0.375 e. The molecule has 18 heavy (non-hydrogen) atoms. The lowest BCUT2D eigenvalue weighted by atomic mass is 10.1. The first-order chi connectivity index (χ1) is 8.66. The molecule has 3 rings (SSSR count). The number of aryl methyl sites for hydroxylation is 1. The van der Waals surface area contributed by atoms with Gasteiger partial charge in [0.05, 0.1) is 6.04 Å². The minimum Gasteiger partial charge on any atom is -0.475 e. The van der Waals surface area contributed by atoms with Crippen molar-refractivity contribution >= 4 is 17.6 Å². The fraction of sp³-hybridized carbons (Fsp3) is 0.250. The molecule has 5 nitrogen and oxygen atoms in total. The second-order valence-corrected chi connectivity index (χ2v) is 4.58. The molecule has 1 aromatic carbocycles. The molecule has 0 radical (unpaired) electrons. The summed E-state index contributed by atoms with van der Waals surface area (Å²) < 4.78 is 1.67. The van der Waals surface area contributed by atoms with Crippen molar-refractivity contribution in [2.75, 3.05) is 0 Å². The number of carboxylic acid groups (broad SMARTS) is 1. The Labute approximate surface area is 108 Å². The molecule has 0 amide bonds. The van der Waals surface area contributed by atoms with E-state index in [9.17, 15) is 4.79 Å². The van der Waals surface area contributed by atoms with Crippen LogP contribution in [0.2, 0.25) is 5.02 Å². The zero-order valence-electron chi connectivity index (χ0n) is 9.38. The van der Waals surface area contributed by atoms with E-state index in [4.69, 9.17) is 16.7 Å². The van der Waals surface area contributed by atoms with Crippen LogP contribution in [0, 0.1) is 0 Å². The molecule has 92 valence electrons. The number of benzene rings is 1. The molecule has 1 aliphatic heterocycles. The maximum absolute atomic E-state index is 10.9. The summed E-state index contributed by atoms with van der Waals surface area (Å²) in [7, 11) is 0. The first kappa shape index (κ1) is 11.2. The molecule has 0 unspecified atom stereocenters. The van der Waals surface area contributed by atoms with Crippen molar-refractivity contribution < 1.29 is 9.90 Å². The molecule has 0 aliphatic carbocycles. The monoisotopic (exact) mass is 263 g/mol. The largest absolute Gasteiger partial charge is 0.475 e. The highest BCUT2D eigenvalue weighted by Gasteiger charge is 2.29. The molecule has 1 atom stereocenters. The predicted molar refractivity (Wildman–Crippen MR) is 64.9 cm³/mol. The van der Waals surface area contributed by atoms with E-state index >= 15 is 0 Å². The number of fused-ring (bicyclic) bond motifs is 1. The predicted octanol–water partition coefficient (Wildman–Crippen LogP) is 2.17. The minimum absolute atomic E-state index is 0.0192. The van der Waals surface area contributed by atoms with Crippen LogP contribution in [0.15, 0.2) is 24.3 Å². The van der Waals surface area contributed by atoms with Gasteiger partial charge in [-0.3, -0.25) is 0 Å². The Morgan fingerprint density at radius 3 is 2.94 bits per heavy atom. The zero-order valence-corrected chi connectivity index (χ0v) is 10.1. The number of carboxylic acids is 1. The summed E-state index contributed by atoms with van der Waals surface area (Å²) in [6, 6.07) is 7.52. The van der Waals surface area contributed by atoms with Crippen LogP contribution in [-0.2, 0) is 6.42 Å². The number of hydrogen-bond donors (Lipinski definition) is 1. The Morgan fingerprint density at radius 1 is 1.44 bits per heavy atom. The molecular formula is C12H10ClN3O2. The first-order valence-corrected chi connectivity index (χ1v) is 5.98. The zero-order chi connectivity index (χ0) is 12.7. The molecule has 0 spiro atoms. The van der Waals surface area contributed by atoms with Crippen LogP contribution in [0.3, 0.4) is 0 Å². The van der Waals surface area contributed by atoms with Gasteiger partial charge >= 0.3 is 5.97 Å². The van der Waals surface area contributed by atoms with Crippen LogP contribution in [0.5, 0.6) is 0 Å². The third kappa shape index (κ3) is 1.67. The molecule has 0 saturated heterocycles. The lowest BCUT2D eigenvalue weighted by Gasteiger charge is -2.13. The molecule has 0 bridgehead atoms. The molecule has 6 heteroatoms. The lowest BCUT2D eigenvalue weighted by molar-refractivity contribution is 0.0683. The first-order valence-electron chi connectivity index (χ1n) is 5.60. The average Bonchev–Trinajstić information content (AvgIpc) is 2.89. The number of carbonyl (C=O) groups is 1. The van der Waals surface area contributed by atoms with Gasteiger partial charge in [0.15, 0.2) is 0 Å². The van der Waals surface area contributed by atoms with Crippen molar-refractivity contribution in [2.24, 2.45) is 0 Å². The van der Waals surface area contributed by atoms with E-state index in [1.807, 2.05) is 24.3 Å². The van der Waals surface area contributed by atoms with E-state index in [2.05, 4.69) is 10.1 Å². The van der Waals surface area contributed by atoms with Gasteiger partial charge in [-0.05, 0) is 18.1 Å². The Kier molecular flexibility index (Phi) is 2.56. The number of rotatable bonds is 2. The molecular weight excluding hydrogens is 254 g/mol. The third-order valence-electron chi connectivity index (χ3n) is 3.09. The van der Waals surface area contributed by atoms with Crippen molar-refractivity contribution in [3.05, 3.63) is 46.5 Å². The van der Waals surface area contributed by atoms with Crippen molar-refractivity contribution in [1.29, 1.82) is 0 Å². The van der Waals surface area contributed by atoms with Gasteiger partial charge in [0, 0.05) is 11.4 Å². The molecule has 1 aliphatic rings. The fourth-order valence-corrected chi connectivity index (χ4v) is 2.55. The summed E-state index contributed by atoms with van der Waals surface area (Å²) in [5.74, 6) is -0.547. The summed E-state index contributed by atoms with van der Waals surface area (Å²) >= 11 is 6.16. The summed E-state index contributed by atoms with van der Waals surface area (Å²) in [6.07, 6.45) is 1.56. The second-order valence-electron chi connectivity index (χ2n) is 4.18.